The molecule has 0 amide bonds. The van der Waals surface area contributed by atoms with Gasteiger partial charge in [0.15, 0.2) is 11.6 Å². The van der Waals surface area contributed by atoms with Crippen molar-refractivity contribution in [2.75, 3.05) is 0 Å². The fourth-order valence-corrected chi connectivity index (χ4v) is 3.20. The molecular weight excluding hydrogens is 369 g/mol. The lowest BCUT2D eigenvalue weighted by Crippen LogP contribution is -2.10. The second kappa shape index (κ2) is 7.67. The van der Waals surface area contributed by atoms with Gasteiger partial charge in [0.2, 0.25) is 0 Å². The number of aryl methyl sites for hydroxylation is 1. The Morgan fingerprint density at radius 2 is 1.86 bits per heavy atom. The van der Waals surface area contributed by atoms with Gasteiger partial charge < -0.3 is 0 Å². The van der Waals surface area contributed by atoms with Crippen LogP contribution in [0, 0.1) is 12.7 Å². The number of halogens is 1. The van der Waals surface area contributed by atoms with Gasteiger partial charge in [-0.3, -0.25) is 24.5 Å². The number of benzene rings is 1. The second-order valence-corrected chi connectivity index (χ2v) is 6.69. The Morgan fingerprint density at radius 1 is 1.00 bits per heavy atom. The second-order valence-electron chi connectivity index (χ2n) is 6.69. The number of aromatic nitrogens is 3. The van der Waals surface area contributed by atoms with Gasteiger partial charge in [-0.15, -0.1) is 0 Å². The van der Waals surface area contributed by atoms with Gasteiger partial charge in [0, 0.05) is 45.9 Å². The first-order chi connectivity index (χ1) is 14.0. The largest absolute Gasteiger partial charge is 0.294 e. The number of ketones is 2. The maximum atomic E-state index is 13.5. The van der Waals surface area contributed by atoms with Crippen molar-refractivity contribution >= 4 is 22.5 Å². The minimum absolute atomic E-state index is 0.0898. The van der Waals surface area contributed by atoms with Gasteiger partial charge in [-0.05, 0) is 43.3 Å². The summed E-state index contributed by atoms with van der Waals surface area (Å²) in [5.41, 5.74) is 2.70. The van der Waals surface area contributed by atoms with Gasteiger partial charge in [0.1, 0.15) is 5.82 Å². The first-order valence-corrected chi connectivity index (χ1v) is 9.01. The van der Waals surface area contributed by atoms with E-state index in [9.17, 15) is 14.0 Å². The molecule has 0 spiro atoms. The average molecular weight is 385 g/mol. The molecule has 5 nitrogen and oxygen atoms in total. The predicted molar refractivity (Wildman–Crippen MR) is 106 cm³/mol. The molecule has 0 aliphatic carbocycles. The molecule has 0 atom stereocenters. The zero-order chi connectivity index (χ0) is 20.4. The third kappa shape index (κ3) is 3.91. The Kier molecular flexibility index (Phi) is 4.91. The van der Waals surface area contributed by atoms with E-state index in [2.05, 4.69) is 15.0 Å². The van der Waals surface area contributed by atoms with Crippen molar-refractivity contribution < 1.29 is 14.0 Å². The van der Waals surface area contributed by atoms with Crippen molar-refractivity contribution in [3.8, 4) is 0 Å². The number of rotatable bonds is 5. The van der Waals surface area contributed by atoms with Crippen LogP contribution in [0.3, 0.4) is 0 Å². The molecule has 0 fully saturated rings. The Balaban J connectivity index is 1.78. The molecule has 0 aliphatic heterocycles. The van der Waals surface area contributed by atoms with Gasteiger partial charge >= 0.3 is 0 Å². The molecule has 142 valence electrons. The summed E-state index contributed by atoms with van der Waals surface area (Å²) in [6.07, 6.45) is 4.02. The summed E-state index contributed by atoms with van der Waals surface area (Å²) in [6.45, 7) is 1.86. The van der Waals surface area contributed by atoms with Crippen LogP contribution in [0.2, 0.25) is 0 Å². The standard InChI is InChI=1S/C23H16FN3O2/c1-14-4-2-6-19(27-14)11-21(28)20-10-16(8-15-5-3-7-26-22(15)20)23(29)17-9-18(24)13-25-12-17/h2-10,12-13H,11H2,1H3. The highest BCUT2D eigenvalue weighted by Crippen LogP contribution is 2.23. The number of hydrogen-bond donors (Lipinski definition) is 0. The number of carbonyl (C=O) groups is 2. The minimum atomic E-state index is -0.597. The lowest BCUT2D eigenvalue weighted by Gasteiger charge is -2.09. The molecular formula is C23H16FN3O2. The van der Waals surface area contributed by atoms with E-state index in [0.717, 1.165) is 18.0 Å². The monoisotopic (exact) mass is 385 g/mol. The molecule has 3 heterocycles. The van der Waals surface area contributed by atoms with Crippen LogP contribution < -0.4 is 0 Å². The summed E-state index contributed by atoms with van der Waals surface area (Å²) in [5, 5.41) is 0.656. The van der Waals surface area contributed by atoms with E-state index in [-0.39, 0.29) is 23.3 Å². The number of carbonyl (C=O) groups excluding carboxylic acids is 2. The molecule has 29 heavy (non-hydrogen) atoms. The number of fused-ring (bicyclic) bond motifs is 1. The van der Waals surface area contributed by atoms with Crippen LogP contribution in [0.25, 0.3) is 10.9 Å². The number of pyridine rings is 3. The number of hydrogen-bond acceptors (Lipinski definition) is 5. The normalized spacial score (nSPS) is 10.8. The van der Waals surface area contributed by atoms with Crippen molar-refractivity contribution in [3.63, 3.8) is 0 Å². The molecule has 3 aromatic heterocycles. The zero-order valence-corrected chi connectivity index (χ0v) is 15.6. The van der Waals surface area contributed by atoms with Crippen molar-refractivity contribution in [2.45, 2.75) is 13.3 Å². The molecule has 0 unspecified atom stereocenters. The van der Waals surface area contributed by atoms with E-state index in [1.54, 1.807) is 30.5 Å². The highest BCUT2D eigenvalue weighted by Gasteiger charge is 2.18. The summed E-state index contributed by atoms with van der Waals surface area (Å²) >= 11 is 0. The maximum Gasteiger partial charge on any atom is 0.194 e. The Morgan fingerprint density at radius 3 is 2.66 bits per heavy atom. The third-order valence-electron chi connectivity index (χ3n) is 4.52. The topological polar surface area (TPSA) is 72.8 Å². The van der Waals surface area contributed by atoms with Crippen molar-refractivity contribution in [1.82, 2.24) is 15.0 Å². The summed E-state index contributed by atoms with van der Waals surface area (Å²) in [6, 6.07) is 13.3. The third-order valence-corrected chi connectivity index (χ3v) is 4.52. The highest BCUT2D eigenvalue weighted by molar-refractivity contribution is 6.14. The lowest BCUT2D eigenvalue weighted by atomic mass is 9.96. The van der Waals surface area contributed by atoms with Crippen LogP contribution in [0.5, 0.6) is 0 Å². The summed E-state index contributed by atoms with van der Waals surface area (Å²) in [5.74, 6) is -1.20. The number of nitrogens with zero attached hydrogens (tertiary/aromatic N) is 3. The summed E-state index contributed by atoms with van der Waals surface area (Å²) in [7, 11) is 0. The van der Waals surface area contributed by atoms with E-state index in [1.165, 1.54) is 12.3 Å². The van der Waals surface area contributed by atoms with Crippen LogP contribution in [-0.2, 0) is 6.42 Å². The van der Waals surface area contributed by atoms with E-state index in [1.807, 2.05) is 19.1 Å². The summed E-state index contributed by atoms with van der Waals surface area (Å²) in [4.78, 5) is 38.3. The lowest BCUT2D eigenvalue weighted by molar-refractivity contribution is 0.0993. The Bertz CT molecular complexity index is 1250. The first-order valence-electron chi connectivity index (χ1n) is 9.01. The Labute approximate surface area is 166 Å². The van der Waals surface area contributed by atoms with Gasteiger partial charge in [-0.2, -0.15) is 0 Å². The van der Waals surface area contributed by atoms with E-state index >= 15 is 0 Å². The molecule has 0 radical (unpaired) electrons. The molecule has 0 saturated carbocycles. The van der Waals surface area contributed by atoms with Crippen LogP contribution in [0.15, 0.2) is 67.1 Å². The fraction of sp³-hybridized carbons (Fsp3) is 0.0870. The zero-order valence-electron chi connectivity index (χ0n) is 15.6. The van der Waals surface area contributed by atoms with Crippen molar-refractivity contribution in [1.29, 1.82) is 0 Å². The Hall–Kier alpha value is -3.80. The summed E-state index contributed by atoms with van der Waals surface area (Å²) < 4.78 is 13.5. The average Bonchev–Trinajstić information content (AvgIpc) is 2.72. The van der Waals surface area contributed by atoms with Gasteiger partial charge in [0.25, 0.3) is 0 Å². The smallest absolute Gasteiger partial charge is 0.194 e. The first kappa shape index (κ1) is 18.6. The van der Waals surface area contributed by atoms with Crippen LogP contribution in [0.4, 0.5) is 4.39 Å². The molecule has 0 N–H and O–H groups in total. The quantitative estimate of drug-likeness (QED) is 0.483. The van der Waals surface area contributed by atoms with Gasteiger partial charge in [-0.1, -0.05) is 12.1 Å². The van der Waals surface area contributed by atoms with E-state index in [0.29, 0.717) is 22.2 Å². The van der Waals surface area contributed by atoms with Crippen LogP contribution in [0.1, 0.15) is 37.7 Å². The predicted octanol–water partition coefficient (Wildman–Crippen LogP) is 4.13. The van der Waals surface area contributed by atoms with Crippen molar-refractivity contribution in [2.24, 2.45) is 0 Å². The fourth-order valence-electron chi connectivity index (χ4n) is 3.20. The van der Waals surface area contributed by atoms with Crippen LogP contribution in [-0.4, -0.2) is 26.5 Å². The maximum absolute atomic E-state index is 13.5. The SMILES string of the molecule is Cc1cccc(CC(=O)c2cc(C(=O)c3cncc(F)c3)cc3cccnc23)n1. The van der Waals surface area contributed by atoms with Gasteiger partial charge in [0.05, 0.1) is 18.1 Å². The van der Waals surface area contributed by atoms with E-state index < -0.39 is 11.6 Å². The molecule has 1 aromatic carbocycles. The van der Waals surface area contributed by atoms with E-state index in [4.69, 9.17) is 0 Å². The number of Topliss-reactive ketones (excluding diaryl/α,β-unsaturated/α-hetero) is 1. The molecule has 4 aromatic rings. The van der Waals surface area contributed by atoms with Gasteiger partial charge in [-0.25, -0.2) is 4.39 Å². The van der Waals surface area contributed by atoms with Crippen molar-refractivity contribution in [3.05, 3.63) is 101 Å². The molecule has 0 saturated heterocycles. The van der Waals surface area contributed by atoms with Crippen LogP contribution >= 0.6 is 0 Å². The minimum Gasteiger partial charge on any atom is -0.294 e. The molecule has 4 rings (SSSR count). The molecule has 0 aliphatic rings. The highest BCUT2D eigenvalue weighted by atomic mass is 19.1. The molecule has 6 heteroatoms. The molecule has 0 bridgehead atoms.